The number of nitrogens with zero attached hydrogens (tertiary/aromatic N) is 8. The minimum Gasteiger partial charge on any atom is -0.399 e. The van der Waals surface area contributed by atoms with Crippen LogP contribution in [0.5, 0.6) is 0 Å². The van der Waals surface area contributed by atoms with Crippen molar-refractivity contribution in [2.45, 2.75) is 58.1 Å². The zero-order valence-electron chi connectivity index (χ0n) is 40.6. The van der Waals surface area contributed by atoms with Gasteiger partial charge in [-0.3, -0.25) is 35.3 Å². The number of nitrogens with two attached hydrogens (primary N) is 1. The first-order chi connectivity index (χ1) is 36.3. The standard InChI is InChI=1S/C11H8F3N3O2.C11H10F3N3.C7H3BrF3NO2.C7H4F3NO2.C7H5F3.C5H7N.HI/c1-7-5-16(6-15-7)9-2-8(11(12,13)14)3-10(4-9)17(18)19;1-7-5-17(6-16-7)10-3-8(11(12,13)14)2-9(15)4-10;8-5-1-4(7(9,10)11)2-6(3-5)12(13)14;8-7(9,10)5-2-1-3-6(4-5)11(12)13;8-7(9,10)6-4-2-1-3-5-6;1-5-3-2-4-6-5;/h2-6H,1H3;2-6H,15H2,1H3;1-3H;1-4H;1-5H;3-4H,2H2,1H3;1H. The minimum absolute atomic E-state index is 0. The van der Waals surface area contributed by atoms with Gasteiger partial charge in [-0.05, 0) is 57.2 Å². The molecule has 7 aromatic rings. The number of imidazole rings is 2. The van der Waals surface area contributed by atoms with E-state index in [1.807, 2.05) is 13.1 Å². The first-order valence-corrected chi connectivity index (χ1v) is 22.2. The van der Waals surface area contributed by atoms with Gasteiger partial charge in [-0.2, -0.15) is 65.9 Å². The van der Waals surface area contributed by atoms with E-state index in [2.05, 4.69) is 37.0 Å². The summed E-state index contributed by atoms with van der Waals surface area (Å²) < 4.78 is 187. The molecule has 1 aliphatic heterocycles. The molecule has 80 heavy (non-hydrogen) atoms. The number of non-ortho nitro benzene ring substituents is 3. The van der Waals surface area contributed by atoms with Crippen molar-refractivity contribution in [2.75, 3.05) is 5.73 Å². The van der Waals surface area contributed by atoms with Crippen molar-refractivity contribution in [3.8, 4) is 11.4 Å². The normalized spacial score (nSPS) is 11.9. The van der Waals surface area contributed by atoms with Gasteiger partial charge < -0.3 is 14.9 Å². The lowest BCUT2D eigenvalue weighted by Gasteiger charge is -2.10. The highest BCUT2D eigenvalue weighted by atomic mass is 127. The Hall–Kier alpha value is -7.91. The van der Waals surface area contributed by atoms with Crippen LogP contribution in [0.3, 0.4) is 0 Å². The first-order valence-electron chi connectivity index (χ1n) is 21.4. The van der Waals surface area contributed by atoms with Crippen LogP contribution in [-0.4, -0.2) is 40.1 Å². The molecule has 2 N–H and O–H groups in total. The quantitative estimate of drug-likeness (QED) is 0.0572. The third kappa shape index (κ3) is 22.8. The Morgan fingerprint density at radius 3 is 1.26 bits per heavy atom. The molecule has 0 saturated heterocycles. The fourth-order valence-corrected chi connectivity index (χ4v) is 6.31. The highest BCUT2D eigenvalue weighted by Gasteiger charge is 2.35. The number of nitro benzene ring substituents is 3. The van der Waals surface area contributed by atoms with Gasteiger partial charge >= 0.3 is 30.9 Å². The van der Waals surface area contributed by atoms with Crippen LogP contribution in [0.4, 0.5) is 88.6 Å². The van der Waals surface area contributed by atoms with E-state index in [1.54, 1.807) is 26.1 Å². The molecule has 15 nitrogen and oxygen atoms in total. The molecule has 2 aromatic heterocycles. The summed E-state index contributed by atoms with van der Waals surface area (Å²) >= 11 is 2.77. The van der Waals surface area contributed by atoms with E-state index < -0.39 is 90.5 Å². The minimum atomic E-state index is -4.64. The maximum absolute atomic E-state index is 12.7. The molecule has 1 aliphatic rings. The third-order valence-corrected chi connectivity index (χ3v) is 9.91. The second-order valence-corrected chi connectivity index (χ2v) is 16.6. The van der Waals surface area contributed by atoms with Crippen molar-refractivity contribution < 1.29 is 80.6 Å². The molecule has 0 atom stereocenters. The van der Waals surface area contributed by atoms with Crippen molar-refractivity contribution in [3.05, 3.63) is 220 Å². The van der Waals surface area contributed by atoms with Gasteiger partial charge in [0.05, 0.1) is 72.3 Å². The second kappa shape index (κ2) is 28.8. The van der Waals surface area contributed by atoms with Gasteiger partial charge in [-0.1, -0.05) is 58.4 Å². The summed E-state index contributed by atoms with van der Waals surface area (Å²) in [7, 11) is 0. The Labute approximate surface area is 466 Å². The number of allylic oxidation sites excluding steroid dienone is 2. The topological polar surface area (TPSA) is 203 Å². The van der Waals surface area contributed by atoms with Crippen LogP contribution in [0.1, 0.15) is 52.5 Å². The smallest absolute Gasteiger partial charge is 0.399 e. The third-order valence-electron chi connectivity index (χ3n) is 9.45. The van der Waals surface area contributed by atoms with Crippen molar-refractivity contribution >= 4 is 68.9 Å². The van der Waals surface area contributed by atoms with E-state index >= 15 is 0 Å². The molecule has 3 heterocycles. The Balaban J connectivity index is 0.000000336. The molecule has 8 rings (SSSR count). The Bertz CT molecular complexity index is 3270. The molecule has 0 aliphatic carbocycles. The number of hydrogen-bond acceptors (Lipinski definition) is 10. The predicted molar refractivity (Wildman–Crippen MR) is 275 cm³/mol. The Morgan fingerprint density at radius 2 is 0.900 bits per heavy atom. The maximum Gasteiger partial charge on any atom is 0.416 e. The lowest BCUT2D eigenvalue weighted by molar-refractivity contribution is -0.385. The molecule has 0 fully saturated rings. The fourth-order valence-electron chi connectivity index (χ4n) is 5.82. The van der Waals surface area contributed by atoms with Crippen molar-refractivity contribution in [1.29, 1.82) is 0 Å². The number of nitrogen functional groups attached to an aromatic ring is 1. The largest absolute Gasteiger partial charge is 0.416 e. The number of nitro groups is 3. The van der Waals surface area contributed by atoms with Gasteiger partial charge in [-0.15, -0.1) is 24.0 Å². The monoisotopic (exact) mass is 1330 g/mol. The average Bonchev–Trinajstić information content (AvgIpc) is 4.14. The molecule has 430 valence electrons. The predicted octanol–water partition coefficient (Wildman–Crippen LogP) is 16.6. The van der Waals surface area contributed by atoms with E-state index in [1.165, 1.54) is 46.2 Å². The van der Waals surface area contributed by atoms with Gasteiger partial charge in [0.2, 0.25) is 0 Å². The second-order valence-electron chi connectivity index (χ2n) is 15.7. The summed E-state index contributed by atoms with van der Waals surface area (Å²) in [5.41, 5.74) is 2.14. The van der Waals surface area contributed by atoms with Gasteiger partial charge in [0, 0.05) is 83.0 Å². The number of halogens is 17. The number of aliphatic imine (C=N–C) groups is 1. The molecular weight excluding hydrogens is 1290 g/mol. The number of alkyl halides is 15. The molecule has 32 heteroatoms. The maximum atomic E-state index is 12.7. The van der Waals surface area contributed by atoms with Crippen molar-refractivity contribution in [3.63, 3.8) is 0 Å². The van der Waals surface area contributed by atoms with Crippen LogP contribution in [-0.2, 0) is 30.9 Å². The fraction of sp³-hybridized carbons (Fsp3) is 0.188. The lowest BCUT2D eigenvalue weighted by Crippen LogP contribution is -2.07. The Kier molecular flexibility index (Phi) is 24.6. The van der Waals surface area contributed by atoms with E-state index in [0.717, 1.165) is 84.5 Å². The molecule has 0 unspecified atom stereocenters. The van der Waals surface area contributed by atoms with E-state index in [9.17, 15) is 96.2 Å². The molecule has 0 spiro atoms. The highest BCUT2D eigenvalue weighted by Crippen LogP contribution is 2.36. The molecule has 0 saturated carbocycles. The first kappa shape index (κ1) is 68.2. The summed E-state index contributed by atoms with van der Waals surface area (Å²) in [6.45, 7) is 5.43. The van der Waals surface area contributed by atoms with Crippen LogP contribution in [0.15, 0.2) is 155 Å². The SMILES string of the molecule is CC1=CCC=N1.Cc1cn(-c2cc(N)cc(C(F)(F)F)c2)cn1.Cc1cn(-c2cc([N+](=O)[O-])cc(C(F)(F)F)c2)cn1.FC(F)(F)c1ccccc1.I.O=[N+]([O-])c1cc(Br)cc(C(F)(F)F)c1.O=[N+]([O-])c1cccc(C(F)(F)F)c1. The average molecular weight is 1330 g/mol. The van der Waals surface area contributed by atoms with Crippen LogP contribution < -0.4 is 5.73 Å². The molecule has 5 aromatic carbocycles. The van der Waals surface area contributed by atoms with E-state index in [4.69, 9.17) is 5.73 Å². The summed E-state index contributed by atoms with van der Waals surface area (Å²) in [4.78, 5) is 40.2. The van der Waals surface area contributed by atoms with Crippen LogP contribution >= 0.6 is 39.9 Å². The highest BCUT2D eigenvalue weighted by molar-refractivity contribution is 14.0. The molecule has 0 amide bonds. The van der Waals surface area contributed by atoms with Gasteiger partial charge in [0.1, 0.15) is 0 Å². The summed E-state index contributed by atoms with van der Waals surface area (Å²) in [6, 6.07) is 17.8. The van der Waals surface area contributed by atoms with Gasteiger partial charge in [-0.25, -0.2) is 9.97 Å². The zero-order chi connectivity index (χ0) is 59.8. The number of benzene rings is 5. The van der Waals surface area contributed by atoms with Crippen LogP contribution in [0, 0.1) is 44.2 Å². The summed E-state index contributed by atoms with van der Waals surface area (Å²) in [5, 5.41) is 31.1. The molecule has 0 radical (unpaired) electrons. The summed E-state index contributed by atoms with van der Waals surface area (Å²) in [6.07, 6.45) is -11.5. The van der Waals surface area contributed by atoms with Crippen molar-refractivity contribution in [2.24, 2.45) is 4.99 Å². The lowest BCUT2D eigenvalue weighted by atomic mass is 10.1. The number of aryl methyl sites for hydroxylation is 2. The number of aromatic nitrogens is 4. The number of hydrogen-bond donors (Lipinski definition) is 1. The van der Waals surface area contributed by atoms with Gasteiger partial charge in [0.25, 0.3) is 17.1 Å². The molecule has 0 bridgehead atoms. The molecular formula is C48H38BrF15IN9O6. The van der Waals surface area contributed by atoms with Crippen LogP contribution in [0.25, 0.3) is 11.4 Å². The van der Waals surface area contributed by atoms with Crippen molar-refractivity contribution in [1.82, 2.24) is 19.1 Å². The number of rotatable bonds is 5. The van der Waals surface area contributed by atoms with Crippen LogP contribution in [0.2, 0.25) is 0 Å². The van der Waals surface area contributed by atoms with E-state index in [0.29, 0.717) is 29.6 Å². The van der Waals surface area contributed by atoms with E-state index in [-0.39, 0.29) is 39.8 Å². The number of anilines is 1. The van der Waals surface area contributed by atoms with Gasteiger partial charge in [0.15, 0.2) is 0 Å². The summed E-state index contributed by atoms with van der Waals surface area (Å²) in [5.74, 6) is 0. The zero-order valence-corrected chi connectivity index (χ0v) is 44.5. The Morgan fingerprint density at radius 1 is 0.500 bits per heavy atom.